The first-order valence-electron chi connectivity index (χ1n) is 4.79. The average molecular weight is 210 g/mol. The zero-order valence-electron chi connectivity index (χ0n) is 9.07. The minimum absolute atomic E-state index is 0.0110. The van der Waals surface area contributed by atoms with Gasteiger partial charge in [-0.15, -0.1) is 0 Å². The summed E-state index contributed by atoms with van der Waals surface area (Å²) in [5.41, 5.74) is -0.337. The van der Waals surface area contributed by atoms with Gasteiger partial charge in [0.1, 0.15) is 5.76 Å². The molecule has 1 heterocycles. The molecule has 1 rings (SSSR count). The van der Waals surface area contributed by atoms with Gasteiger partial charge >= 0.3 is 5.97 Å². The van der Waals surface area contributed by atoms with Crippen molar-refractivity contribution in [2.75, 3.05) is 0 Å². The summed E-state index contributed by atoms with van der Waals surface area (Å²) < 4.78 is 9.91. The van der Waals surface area contributed by atoms with Crippen molar-refractivity contribution in [3.63, 3.8) is 0 Å². The number of carbonyl (C=O) groups excluding carboxylic acids is 1. The van der Waals surface area contributed by atoms with Crippen LogP contribution in [-0.4, -0.2) is 5.97 Å². The van der Waals surface area contributed by atoms with Gasteiger partial charge in [-0.25, -0.2) is 0 Å². The first kappa shape index (κ1) is 11.5. The lowest BCUT2D eigenvalue weighted by atomic mass is 10.1. The van der Waals surface area contributed by atoms with Gasteiger partial charge in [-0.3, -0.25) is 9.59 Å². The van der Waals surface area contributed by atoms with Gasteiger partial charge in [0.2, 0.25) is 11.2 Å². The van der Waals surface area contributed by atoms with Crippen molar-refractivity contribution >= 4 is 5.97 Å². The van der Waals surface area contributed by atoms with Crippen molar-refractivity contribution in [1.29, 1.82) is 0 Å². The van der Waals surface area contributed by atoms with Crippen LogP contribution in [0.25, 0.3) is 0 Å². The van der Waals surface area contributed by atoms with Gasteiger partial charge in [0, 0.05) is 12.5 Å². The summed E-state index contributed by atoms with van der Waals surface area (Å²) in [5.74, 6) is 0.0999. The standard InChI is InChI=1S/C11H14O4/c1-7(2)6-10(13)15-11-8(3)14-5-4-9(11)12/h4-5,7H,6H2,1-3H3. The Hall–Kier alpha value is -1.58. The van der Waals surface area contributed by atoms with Gasteiger partial charge in [-0.05, 0) is 12.8 Å². The molecule has 82 valence electrons. The van der Waals surface area contributed by atoms with E-state index >= 15 is 0 Å². The van der Waals surface area contributed by atoms with E-state index in [4.69, 9.17) is 9.15 Å². The van der Waals surface area contributed by atoms with Crippen molar-refractivity contribution in [3.05, 3.63) is 28.3 Å². The molecule has 15 heavy (non-hydrogen) atoms. The average Bonchev–Trinajstić information content (AvgIpc) is 2.10. The van der Waals surface area contributed by atoms with Crippen LogP contribution < -0.4 is 10.2 Å². The molecule has 0 aliphatic rings. The molecule has 0 radical (unpaired) electrons. The molecule has 0 saturated carbocycles. The van der Waals surface area contributed by atoms with Crippen LogP contribution >= 0.6 is 0 Å². The topological polar surface area (TPSA) is 56.5 Å². The van der Waals surface area contributed by atoms with E-state index in [9.17, 15) is 9.59 Å². The maximum Gasteiger partial charge on any atom is 0.311 e. The Morgan fingerprint density at radius 2 is 2.20 bits per heavy atom. The quantitative estimate of drug-likeness (QED) is 0.715. The Kier molecular flexibility index (Phi) is 3.66. The predicted molar refractivity (Wildman–Crippen MR) is 54.8 cm³/mol. The molecular weight excluding hydrogens is 196 g/mol. The second kappa shape index (κ2) is 4.77. The van der Waals surface area contributed by atoms with Crippen LogP contribution in [0.2, 0.25) is 0 Å². The van der Waals surface area contributed by atoms with E-state index in [2.05, 4.69) is 0 Å². The first-order valence-corrected chi connectivity index (χ1v) is 4.79. The largest absolute Gasteiger partial charge is 0.465 e. The van der Waals surface area contributed by atoms with Crippen LogP contribution in [0, 0.1) is 12.8 Å². The smallest absolute Gasteiger partial charge is 0.311 e. The van der Waals surface area contributed by atoms with E-state index in [1.54, 1.807) is 6.92 Å². The van der Waals surface area contributed by atoms with E-state index in [1.165, 1.54) is 12.3 Å². The fraction of sp³-hybridized carbons (Fsp3) is 0.455. The first-order chi connectivity index (χ1) is 7.00. The maximum absolute atomic E-state index is 11.3. The Morgan fingerprint density at radius 1 is 1.53 bits per heavy atom. The summed E-state index contributed by atoms with van der Waals surface area (Å²) in [7, 11) is 0. The highest BCUT2D eigenvalue weighted by molar-refractivity contribution is 5.72. The van der Waals surface area contributed by atoms with Gasteiger partial charge in [0.25, 0.3) is 0 Å². The molecule has 0 atom stereocenters. The highest BCUT2D eigenvalue weighted by Gasteiger charge is 2.13. The second-order valence-corrected chi connectivity index (χ2v) is 3.74. The molecular formula is C11H14O4. The zero-order chi connectivity index (χ0) is 11.4. The molecule has 0 unspecified atom stereocenters. The number of rotatable bonds is 3. The molecule has 4 heteroatoms. The number of carbonyl (C=O) groups is 1. The molecule has 4 nitrogen and oxygen atoms in total. The van der Waals surface area contributed by atoms with Crippen molar-refractivity contribution in [3.8, 4) is 5.75 Å². The van der Waals surface area contributed by atoms with Gasteiger partial charge in [0.05, 0.1) is 6.26 Å². The number of hydrogen-bond acceptors (Lipinski definition) is 4. The summed E-state index contributed by atoms with van der Waals surface area (Å²) >= 11 is 0. The van der Waals surface area contributed by atoms with Crippen LogP contribution in [0.15, 0.2) is 21.5 Å². The van der Waals surface area contributed by atoms with Gasteiger partial charge in [-0.1, -0.05) is 13.8 Å². The molecule has 0 bridgehead atoms. The molecule has 0 N–H and O–H groups in total. The third kappa shape index (κ3) is 3.23. The predicted octanol–water partition coefficient (Wildman–Crippen LogP) is 1.90. The third-order valence-corrected chi connectivity index (χ3v) is 1.80. The van der Waals surface area contributed by atoms with Gasteiger partial charge in [0.15, 0.2) is 0 Å². The van der Waals surface area contributed by atoms with E-state index in [-0.39, 0.29) is 23.5 Å². The lowest BCUT2D eigenvalue weighted by molar-refractivity contribution is -0.135. The third-order valence-electron chi connectivity index (χ3n) is 1.80. The number of aryl methyl sites for hydroxylation is 1. The monoisotopic (exact) mass is 210 g/mol. The van der Waals surface area contributed by atoms with Crippen LogP contribution in [0.5, 0.6) is 5.75 Å². The number of esters is 1. The molecule has 1 aromatic rings. The van der Waals surface area contributed by atoms with Gasteiger partial charge in [-0.2, -0.15) is 0 Å². The Balaban J connectivity index is 2.81. The van der Waals surface area contributed by atoms with Crippen LogP contribution in [0.3, 0.4) is 0 Å². The Morgan fingerprint density at radius 3 is 2.73 bits per heavy atom. The highest BCUT2D eigenvalue weighted by Crippen LogP contribution is 2.12. The summed E-state index contributed by atoms with van der Waals surface area (Å²) in [6.07, 6.45) is 1.56. The van der Waals surface area contributed by atoms with Crippen molar-refractivity contribution in [1.82, 2.24) is 0 Å². The molecule has 0 aliphatic heterocycles. The zero-order valence-corrected chi connectivity index (χ0v) is 9.07. The van der Waals surface area contributed by atoms with Crippen molar-refractivity contribution in [2.24, 2.45) is 5.92 Å². The van der Waals surface area contributed by atoms with Crippen molar-refractivity contribution in [2.45, 2.75) is 27.2 Å². The lowest BCUT2D eigenvalue weighted by Gasteiger charge is -2.06. The lowest BCUT2D eigenvalue weighted by Crippen LogP contribution is -2.16. The van der Waals surface area contributed by atoms with Gasteiger partial charge < -0.3 is 9.15 Å². The maximum atomic E-state index is 11.3. The van der Waals surface area contributed by atoms with Crippen LogP contribution in [0.1, 0.15) is 26.0 Å². The normalized spacial score (nSPS) is 10.4. The highest BCUT2D eigenvalue weighted by atomic mass is 16.5. The summed E-state index contributed by atoms with van der Waals surface area (Å²) in [4.78, 5) is 22.6. The molecule has 0 aromatic carbocycles. The van der Waals surface area contributed by atoms with Crippen LogP contribution in [-0.2, 0) is 4.79 Å². The minimum Gasteiger partial charge on any atom is -0.465 e. The molecule has 0 aliphatic carbocycles. The van der Waals surface area contributed by atoms with E-state index in [0.29, 0.717) is 5.76 Å². The molecule has 0 saturated heterocycles. The van der Waals surface area contributed by atoms with E-state index in [0.717, 1.165) is 0 Å². The van der Waals surface area contributed by atoms with Crippen molar-refractivity contribution < 1.29 is 13.9 Å². The molecule has 0 amide bonds. The Labute approximate surface area is 87.9 Å². The molecule has 0 fully saturated rings. The molecule has 1 aromatic heterocycles. The summed E-state index contributed by atoms with van der Waals surface area (Å²) in [6, 6.07) is 1.23. The number of ether oxygens (including phenoxy) is 1. The number of hydrogen-bond donors (Lipinski definition) is 0. The van der Waals surface area contributed by atoms with Crippen LogP contribution in [0.4, 0.5) is 0 Å². The summed E-state index contributed by atoms with van der Waals surface area (Å²) in [6.45, 7) is 5.39. The second-order valence-electron chi connectivity index (χ2n) is 3.74. The van der Waals surface area contributed by atoms with E-state index < -0.39 is 5.97 Å². The minimum atomic E-state index is -0.411. The summed E-state index contributed by atoms with van der Waals surface area (Å²) in [5, 5.41) is 0. The fourth-order valence-electron chi connectivity index (χ4n) is 1.11. The SMILES string of the molecule is Cc1occc(=O)c1OC(=O)CC(C)C. The Bertz CT molecular complexity index is 403. The fourth-order valence-corrected chi connectivity index (χ4v) is 1.11. The molecule has 0 spiro atoms. The van der Waals surface area contributed by atoms with E-state index in [1.807, 2.05) is 13.8 Å².